The molecular weight excluding hydrogens is 168 g/mol. The van der Waals surface area contributed by atoms with E-state index in [1.807, 2.05) is 5.57 Å². The summed E-state index contributed by atoms with van der Waals surface area (Å²) in [6.07, 6.45) is 8.37. The first kappa shape index (κ1) is 9.00. The largest absolute Gasteiger partial charge is 0.0847 e. The number of allylic oxidation sites excluding steroid dienone is 2. The van der Waals surface area contributed by atoms with E-state index in [9.17, 15) is 0 Å². The van der Waals surface area contributed by atoms with Crippen LogP contribution in [0.25, 0.3) is 0 Å². The van der Waals surface area contributed by atoms with Crippen LogP contribution in [0.2, 0.25) is 0 Å². The maximum absolute atomic E-state index is 2.58. The van der Waals surface area contributed by atoms with Gasteiger partial charge >= 0.3 is 0 Å². The second kappa shape index (κ2) is 2.65. The zero-order valence-corrected chi connectivity index (χ0v) is 9.72. The Labute approximate surface area is 87.8 Å². The average Bonchev–Trinajstić information content (AvgIpc) is 2.54. The van der Waals surface area contributed by atoms with Crippen molar-refractivity contribution in [3.05, 3.63) is 11.6 Å². The standard InChI is InChI=1S/C14H22/c1-9-7-8-12-13(14(12,2)3)11-6-4-5-10(9)11/h6,9-10,12-13H,4-5,7-8H2,1-3H3/t9-,10-,12+,13-/m0/s1. The van der Waals surface area contributed by atoms with E-state index in [4.69, 9.17) is 0 Å². The van der Waals surface area contributed by atoms with Gasteiger partial charge in [0.15, 0.2) is 0 Å². The smallest absolute Gasteiger partial charge is 0.0112 e. The minimum Gasteiger partial charge on any atom is -0.0847 e. The average molecular weight is 190 g/mol. The Morgan fingerprint density at radius 1 is 1.21 bits per heavy atom. The summed E-state index contributed by atoms with van der Waals surface area (Å²) in [7, 11) is 0. The van der Waals surface area contributed by atoms with Crippen LogP contribution < -0.4 is 0 Å². The topological polar surface area (TPSA) is 0 Å². The highest BCUT2D eigenvalue weighted by Crippen LogP contribution is 2.68. The Morgan fingerprint density at radius 3 is 2.79 bits per heavy atom. The lowest BCUT2D eigenvalue weighted by atomic mass is 9.83. The van der Waals surface area contributed by atoms with Crippen LogP contribution >= 0.6 is 0 Å². The molecule has 0 saturated heterocycles. The van der Waals surface area contributed by atoms with E-state index >= 15 is 0 Å². The van der Waals surface area contributed by atoms with E-state index in [1.54, 1.807) is 0 Å². The molecule has 0 aromatic carbocycles. The molecule has 0 bridgehead atoms. The highest BCUT2D eigenvalue weighted by Gasteiger charge is 2.61. The molecule has 0 heterocycles. The molecule has 78 valence electrons. The van der Waals surface area contributed by atoms with Crippen molar-refractivity contribution in [1.82, 2.24) is 0 Å². The van der Waals surface area contributed by atoms with Gasteiger partial charge < -0.3 is 0 Å². The molecule has 0 unspecified atom stereocenters. The van der Waals surface area contributed by atoms with Gasteiger partial charge in [0.2, 0.25) is 0 Å². The van der Waals surface area contributed by atoms with Gasteiger partial charge in [0, 0.05) is 0 Å². The first-order valence-electron chi connectivity index (χ1n) is 6.32. The second-order valence-electron chi connectivity index (χ2n) is 6.35. The van der Waals surface area contributed by atoms with Crippen molar-refractivity contribution in [3.63, 3.8) is 0 Å². The molecule has 2 saturated carbocycles. The molecule has 0 radical (unpaired) electrons. The van der Waals surface area contributed by atoms with Gasteiger partial charge in [-0.3, -0.25) is 0 Å². The summed E-state index contributed by atoms with van der Waals surface area (Å²) >= 11 is 0. The summed E-state index contributed by atoms with van der Waals surface area (Å²) in [5.41, 5.74) is 2.51. The van der Waals surface area contributed by atoms with Gasteiger partial charge in [-0.05, 0) is 54.8 Å². The maximum Gasteiger partial charge on any atom is -0.0112 e. The lowest BCUT2D eigenvalue weighted by molar-refractivity contribution is 0.351. The molecule has 0 aliphatic heterocycles. The lowest BCUT2D eigenvalue weighted by Crippen LogP contribution is -2.13. The van der Waals surface area contributed by atoms with Crippen molar-refractivity contribution in [2.24, 2.45) is 29.1 Å². The molecule has 0 N–H and O–H groups in total. The van der Waals surface area contributed by atoms with Crippen molar-refractivity contribution in [1.29, 1.82) is 0 Å². The van der Waals surface area contributed by atoms with Crippen LogP contribution in [0.5, 0.6) is 0 Å². The van der Waals surface area contributed by atoms with E-state index in [0.29, 0.717) is 5.41 Å². The molecule has 0 spiro atoms. The van der Waals surface area contributed by atoms with Crippen LogP contribution in [0.1, 0.15) is 46.5 Å². The Bertz CT molecular complexity index is 284. The van der Waals surface area contributed by atoms with Crippen molar-refractivity contribution < 1.29 is 0 Å². The lowest BCUT2D eigenvalue weighted by Gasteiger charge is -2.22. The van der Waals surface area contributed by atoms with Crippen LogP contribution in [0.15, 0.2) is 11.6 Å². The van der Waals surface area contributed by atoms with Crippen LogP contribution in [-0.4, -0.2) is 0 Å². The SMILES string of the molecule is C[C@H]1CC[C@@H]2[C@H](C3=CCC[C@H]31)C2(C)C. The molecule has 4 atom stereocenters. The Kier molecular flexibility index (Phi) is 1.70. The highest BCUT2D eigenvalue weighted by atomic mass is 14.6. The predicted octanol–water partition coefficient (Wildman–Crippen LogP) is 4.02. The number of hydrogen-bond donors (Lipinski definition) is 0. The van der Waals surface area contributed by atoms with Gasteiger partial charge in [0.1, 0.15) is 0 Å². The normalized spacial score (nSPS) is 48.9. The predicted molar refractivity (Wildman–Crippen MR) is 60.0 cm³/mol. The minimum atomic E-state index is 0.647. The molecule has 3 aliphatic carbocycles. The van der Waals surface area contributed by atoms with Gasteiger partial charge in [-0.1, -0.05) is 32.4 Å². The molecule has 3 rings (SSSR count). The van der Waals surface area contributed by atoms with Crippen LogP contribution in [0, 0.1) is 29.1 Å². The summed E-state index contributed by atoms with van der Waals surface area (Å²) in [5.74, 6) is 3.93. The van der Waals surface area contributed by atoms with Gasteiger partial charge in [0.25, 0.3) is 0 Å². The first-order chi connectivity index (χ1) is 6.62. The molecule has 0 heteroatoms. The number of fused-ring (bicyclic) bond motifs is 3. The van der Waals surface area contributed by atoms with Crippen molar-refractivity contribution in [3.8, 4) is 0 Å². The van der Waals surface area contributed by atoms with Crippen molar-refractivity contribution in [2.45, 2.75) is 46.5 Å². The summed E-state index contributed by atoms with van der Waals surface area (Å²) in [6, 6.07) is 0. The Balaban J connectivity index is 1.93. The molecule has 0 aromatic rings. The summed E-state index contributed by atoms with van der Waals surface area (Å²) in [4.78, 5) is 0. The third-order valence-electron chi connectivity index (χ3n) is 5.32. The first-order valence-corrected chi connectivity index (χ1v) is 6.32. The van der Waals surface area contributed by atoms with E-state index in [2.05, 4.69) is 26.8 Å². The quantitative estimate of drug-likeness (QED) is 0.506. The van der Waals surface area contributed by atoms with Crippen LogP contribution in [0.3, 0.4) is 0 Å². The maximum atomic E-state index is 2.58. The molecule has 0 aromatic heterocycles. The van der Waals surface area contributed by atoms with Crippen LogP contribution in [0.4, 0.5) is 0 Å². The van der Waals surface area contributed by atoms with E-state index in [-0.39, 0.29) is 0 Å². The molecular formula is C14H22. The fourth-order valence-corrected chi connectivity index (χ4v) is 4.31. The Hall–Kier alpha value is -0.260. The zero-order chi connectivity index (χ0) is 9.92. The number of rotatable bonds is 0. The number of hydrogen-bond acceptors (Lipinski definition) is 0. The van der Waals surface area contributed by atoms with Crippen molar-refractivity contribution in [2.75, 3.05) is 0 Å². The van der Waals surface area contributed by atoms with E-state index in [0.717, 1.165) is 23.7 Å². The minimum absolute atomic E-state index is 0.647. The molecule has 0 amide bonds. The van der Waals surface area contributed by atoms with Gasteiger partial charge in [-0.15, -0.1) is 0 Å². The van der Waals surface area contributed by atoms with Gasteiger partial charge in [0.05, 0.1) is 0 Å². The highest BCUT2D eigenvalue weighted by molar-refractivity contribution is 5.30. The van der Waals surface area contributed by atoms with Crippen LogP contribution in [-0.2, 0) is 0 Å². The summed E-state index contributed by atoms with van der Waals surface area (Å²) < 4.78 is 0. The molecule has 0 nitrogen and oxygen atoms in total. The molecule has 2 fully saturated rings. The fourth-order valence-electron chi connectivity index (χ4n) is 4.31. The summed E-state index contributed by atoms with van der Waals surface area (Å²) in [5, 5.41) is 0. The molecule has 3 aliphatic rings. The fraction of sp³-hybridized carbons (Fsp3) is 0.857. The second-order valence-corrected chi connectivity index (χ2v) is 6.35. The van der Waals surface area contributed by atoms with Crippen molar-refractivity contribution >= 4 is 0 Å². The van der Waals surface area contributed by atoms with Gasteiger partial charge in [-0.2, -0.15) is 0 Å². The Morgan fingerprint density at radius 2 is 2.00 bits per heavy atom. The van der Waals surface area contributed by atoms with E-state index < -0.39 is 0 Å². The zero-order valence-electron chi connectivity index (χ0n) is 9.72. The van der Waals surface area contributed by atoms with E-state index in [1.165, 1.54) is 25.7 Å². The van der Waals surface area contributed by atoms with Gasteiger partial charge in [-0.25, -0.2) is 0 Å². The third kappa shape index (κ3) is 1.00. The summed E-state index contributed by atoms with van der Waals surface area (Å²) in [6.45, 7) is 7.44. The third-order valence-corrected chi connectivity index (χ3v) is 5.32. The molecule has 14 heavy (non-hydrogen) atoms. The monoisotopic (exact) mass is 190 g/mol.